The predicted octanol–water partition coefficient (Wildman–Crippen LogP) is 3.57. The number of unbranched alkanes of at least 4 members (excludes halogenated alkanes) is 2. The van der Waals surface area contributed by atoms with Gasteiger partial charge in [-0.05, 0) is 12.5 Å². The fraction of sp³-hybridized carbons (Fsp3) is 0.429. The molecular formula is C14H18ClNO4. The molecule has 0 aliphatic heterocycles. The summed E-state index contributed by atoms with van der Waals surface area (Å²) in [6, 6.07) is 2.69. The highest BCUT2D eigenvalue weighted by Gasteiger charge is 2.16. The van der Waals surface area contributed by atoms with Gasteiger partial charge in [0.15, 0.2) is 0 Å². The van der Waals surface area contributed by atoms with Gasteiger partial charge < -0.3 is 15.2 Å². The van der Waals surface area contributed by atoms with Crippen molar-refractivity contribution in [1.82, 2.24) is 0 Å². The SMILES string of the molecule is CCCCCC(=O)Nc1cc(OC)c(C(=O)O)cc1Cl. The first kappa shape index (κ1) is 16.3. The van der Waals surface area contributed by atoms with Crippen molar-refractivity contribution in [1.29, 1.82) is 0 Å². The second kappa shape index (κ2) is 7.75. The number of carbonyl (C=O) groups is 2. The maximum absolute atomic E-state index is 11.7. The summed E-state index contributed by atoms with van der Waals surface area (Å²) in [6.07, 6.45) is 3.25. The molecule has 0 saturated heterocycles. The van der Waals surface area contributed by atoms with Crippen molar-refractivity contribution in [3.8, 4) is 5.75 Å². The Morgan fingerprint density at radius 1 is 1.35 bits per heavy atom. The summed E-state index contributed by atoms with van der Waals surface area (Å²) in [5.41, 5.74) is 0.316. The zero-order valence-electron chi connectivity index (χ0n) is 11.5. The van der Waals surface area contributed by atoms with Crippen molar-refractivity contribution in [3.05, 3.63) is 22.7 Å². The molecule has 0 heterocycles. The molecule has 0 radical (unpaired) electrons. The molecule has 0 spiro atoms. The zero-order chi connectivity index (χ0) is 15.1. The Balaban J connectivity index is 2.85. The Morgan fingerprint density at radius 2 is 2.05 bits per heavy atom. The summed E-state index contributed by atoms with van der Waals surface area (Å²) in [7, 11) is 1.36. The van der Waals surface area contributed by atoms with E-state index in [-0.39, 0.29) is 22.2 Å². The number of aromatic carboxylic acids is 1. The van der Waals surface area contributed by atoms with Crippen LogP contribution in [0.5, 0.6) is 5.75 Å². The van der Waals surface area contributed by atoms with Crippen molar-refractivity contribution < 1.29 is 19.4 Å². The van der Waals surface area contributed by atoms with E-state index >= 15 is 0 Å². The first-order valence-corrected chi connectivity index (χ1v) is 6.78. The van der Waals surface area contributed by atoms with Crippen LogP contribution < -0.4 is 10.1 Å². The second-order valence-corrected chi connectivity index (χ2v) is 4.75. The van der Waals surface area contributed by atoms with E-state index in [1.807, 2.05) is 0 Å². The Kier molecular flexibility index (Phi) is 6.31. The minimum atomic E-state index is -1.13. The van der Waals surface area contributed by atoms with Crippen LogP contribution in [0.4, 0.5) is 5.69 Å². The average Bonchev–Trinajstić information content (AvgIpc) is 2.40. The molecule has 0 atom stereocenters. The standard InChI is InChI=1S/C14H18ClNO4/c1-3-4-5-6-13(17)16-11-8-12(20-2)9(14(18)19)7-10(11)15/h7-8H,3-6H2,1-2H3,(H,16,17)(H,18,19). The van der Waals surface area contributed by atoms with Crippen LogP contribution in [0.15, 0.2) is 12.1 Å². The Hall–Kier alpha value is -1.75. The van der Waals surface area contributed by atoms with Crippen LogP contribution in [0, 0.1) is 0 Å². The number of ether oxygens (including phenoxy) is 1. The fourth-order valence-corrected chi connectivity index (χ4v) is 1.94. The lowest BCUT2D eigenvalue weighted by Crippen LogP contribution is -2.12. The summed E-state index contributed by atoms with van der Waals surface area (Å²) in [6.45, 7) is 2.06. The van der Waals surface area contributed by atoms with Gasteiger partial charge in [0.2, 0.25) is 5.91 Å². The summed E-state index contributed by atoms with van der Waals surface area (Å²) in [4.78, 5) is 22.7. The third kappa shape index (κ3) is 4.42. The van der Waals surface area contributed by atoms with Crippen molar-refractivity contribution >= 4 is 29.2 Å². The van der Waals surface area contributed by atoms with Gasteiger partial charge in [-0.1, -0.05) is 31.4 Å². The minimum absolute atomic E-state index is 0.0403. The molecule has 0 aromatic heterocycles. The van der Waals surface area contributed by atoms with Gasteiger partial charge in [0.1, 0.15) is 11.3 Å². The van der Waals surface area contributed by atoms with Gasteiger partial charge in [-0.2, -0.15) is 0 Å². The van der Waals surface area contributed by atoms with Crippen molar-refractivity contribution in [2.45, 2.75) is 32.6 Å². The van der Waals surface area contributed by atoms with E-state index in [1.54, 1.807) is 0 Å². The molecule has 1 aromatic rings. The highest BCUT2D eigenvalue weighted by atomic mass is 35.5. The van der Waals surface area contributed by atoms with E-state index in [0.717, 1.165) is 19.3 Å². The van der Waals surface area contributed by atoms with E-state index in [0.29, 0.717) is 12.1 Å². The monoisotopic (exact) mass is 299 g/mol. The van der Waals surface area contributed by atoms with Crippen LogP contribution in [0.1, 0.15) is 43.0 Å². The van der Waals surface area contributed by atoms with E-state index in [4.69, 9.17) is 21.4 Å². The molecule has 20 heavy (non-hydrogen) atoms. The van der Waals surface area contributed by atoms with E-state index < -0.39 is 5.97 Å². The van der Waals surface area contributed by atoms with Gasteiger partial charge in [0.05, 0.1) is 17.8 Å². The molecule has 0 fully saturated rings. The largest absolute Gasteiger partial charge is 0.496 e. The van der Waals surface area contributed by atoms with Crippen LogP contribution in [0.25, 0.3) is 0 Å². The molecule has 1 amide bonds. The first-order chi connectivity index (χ1) is 9.49. The lowest BCUT2D eigenvalue weighted by molar-refractivity contribution is -0.116. The van der Waals surface area contributed by atoms with Crippen LogP contribution in [-0.2, 0) is 4.79 Å². The zero-order valence-corrected chi connectivity index (χ0v) is 12.3. The number of amides is 1. The molecule has 5 nitrogen and oxygen atoms in total. The molecule has 0 aliphatic rings. The van der Waals surface area contributed by atoms with Crippen LogP contribution in [-0.4, -0.2) is 24.1 Å². The number of nitrogens with one attached hydrogen (secondary N) is 1. The third-order valence-electron chi connectivity index (χ3n) is 2.80. The fourth-order valence-electron chi connectivity index (χ4n) is 1.73. The summed E-state index contributed by atoms with van der Waals surface area (Å²) in [5.74, 6) is -1.12. The highest BCUT2D eigenvalue weighted by molar-refractivity contribution is 6.34. The Bertz CT molecular complexity index is 502. The van der Waals surface area contributed by atoms with Crippen LogP contribution in [0.2, 0.25) is 5.02 Å². The summed E-state index contributed by atoms with van der Waals surface area (Å²) >= 11 is 5.97. The number of hydrogen-bond acceptors (Lipinski definition) is 3. The Labute approximate surface area is 122 Å². The number of methoxy groups -OCH3 is 1. The van der Waals surface area contributed by atoms with Gasteiger partial charge in [-0.3, -0.25) is 4.79 Å². The van der Waals surface area contributed by atoms with Gasteiger partial charge in [0.25, 0.3) is 0 Å². The summed E-state index contributed by atoms with van der Waals surface area (Å²) < 4.78 is 4.99. The van der Waals surface area contributed by atoms with E-state index in [2.05, 4.69) is 12.2 Å². The number of rotatable bonds is 7. The van der Waals surface area contributed by atoms with Gasteiger partial charge >= 0.3 is 5.97 Å². The first-order valence-electron chi connectivity index (χ1n) is 6.40. The molecule has 1 rings (SSSR count). The molecule has 0 unspecified atom stereocenters. The number of carboxylic acid groups (broad SMARTS) is 1. The molecule has 0 aliphatic carbocycles. The van der Waals surface area contributed by atoms with Gasteiger partial charge in [-0.15, -0.1) is 0 Å². The molecule has 6 heteroatoms. The number of carbonyl (C=O) groups excluding carboxylic acids is 1. The van der Waals surface area contributed by atoms with E-state index in [9.17, 15) is 9.59 Å². The lowest BCUT2D eigenvalue weighted by Gasteiger charge is -2.11. The average molecular weight is 300 g/mol. The molecule has 0 saturated carbocycles. The van der Waals surface area contributed by atoms with Crippen LogP contribution >= 0.6 is 11.6 Å². The molecule has 110 valence electrons. The van der Waals surface area contributed by atoms with Gasteiger partial charge in [-0.25, -0.2) is 4.79 Å². The predicted molar refractivity (Wildman–Crippen MR) is 77.7 cm³/mol. The highest BCUT2D eigenvalue weighted by Crippen LogP contribution is 2.31. The van der Waals surface area contributed by atoms with Crippen molar-refractivity contribution in [2.24, 2.45) is 0 Å². The third-order valence-corrected chi connectivity index (χ3v) is 3.11. The van der Waals surface area contributed by atoms with Gasteiger partial charge in [0, 0.05) is 12.5 Å². The topological polar surface area (TPSA) is 75.6 Å². The molecule has 0 bridgehead atoms. The molecule has 1 aromatic carbocycles. The number of halogens is 1. The number of benzene rings is 1. The Morgan fingerprint density at radius 3 is 2.60 bits per heavy atom. The normalized spacial score (nSPS) is 10.2. The smallest absolute Gasteiger partial charge is 0.339 e. The minimum Gasteiger partial charge on any atom is -0.496 e. The second-order valence-electron chi connectivity index (χ2n) is 4.34. The lowest BCUT2D eigenvalue weighted by atomic mass is 10.1. The van der Waals surface area contributed by atoms with Crippen molar-refractivity contribution in [3.63, 3.8) is 0 Å². The molecule has 2 N–H and O–H groups in total. The van der Waals surface area contributed by atoms with Crippen LogP contribution in [0.3, 0.4) is 0 Å². The number of hydrogen-bond donors (Lipinski definition) is 2. The quantitative estimate of drug-likeness (QED) is 0.755. The summed E-state index contributed by atoms with van der Waals surface area (Å²) in [5, 5.41) is 11.9. The maximum atomic E-state index is 11.7. The maximum Gasteiger partial charge on any atom is 0.339 e. The molecular weight excluding hydrogens is 282 g/mol. The number of anilines is 1. The van der Waals surface area contributed by atoms with Crippen molar-refractivity contribution in [2.75, 3.05) is 12.4 Å². The van der Waals surface area contributed by atoms with E-state index in [1.165, 1.54) is 19.2 Å². The number of carboxylic acids is 1.